The molecule has 5 heteroatoms. The molecule has 1 aliphatic heterocycles. The summed E-state index contributed by atoms with van der Waals surface area (Å²) in [7, 11) is 1.71. The number of aliphatic hydroxyl groups is 1. The van der Waals surface area contributed by atoms with E-state index in [1.807, 2.05) is 0 Å². The minimum Gasteiger partial charge on any atom is -0.497 e. The van der Waals surface area contributed by atoms with Crippen molar-refractivity contribution in [3.63, 3.8) is 0 Å². The molecule has 2 bridgehead atoms. The van der Waals surface area contributed by atoms with Crippen LogP contribution in [0.4, 0.5) is 0 Å². The van der Waals surface area contributed by atoms with Gasteiger partial charge in [-0.1, -0.05) is 19.9 Å². The fraction of sp³-hybridized carbons (Fsp3) is 0.692. The number of quaternary nitrogens is 2. The van der Waals surface area contributed by atoms with E-state index >= 15 is 0 Å². The van der Waals surface area contributed by atoms with Gasteiger partial charge in [0.25, 0.3) is 0 Å². The maximum Gasteiger partial charge on any atom is 0.163 e. The molecule has 4 atom stereocenters. The highest BCUT2D eigenvalue weighted by molar-refractivity contribution is 5.28. The van der Waals surface area contributed by atoms with Crippen molar-refractivity contribution in [2.45, 2.75) is 51.7 Å². The van der Waals surface area contributed by atoms with Gasteiger partial charge in [0.1, 0.15) is 24.9 Å². The van der Waals surface area contributed by atoms with E-state index in [4.69, 9.17) is 9.47 Å². The summed E-state index contributed by atoms with van der Waals surface area (Å²) in [5, 5.41) is 12.7. The smallest absolute Gasteiger partial charge is 0.163 e. The van der Waals surface area contributed by atoms with E-state index in [2.05, 4.69) is 49.5 Å². The molecule has 0 aromatic heterocycles. The van der Waals surface area contributed by atoms with Crippen LogP contribution in [0.1, 0.15) is 51.1 Å². The number of allylic oxidation sites excluding steroid dienone is 1. The lowest BCUT2D eigenvalue weighted by molar-refractivity contribution is -0.934. The van der Waals surface area contributed by atoms with Crippen LogP contribution in [0.5, 0.6) is 5.75 Å². The van der Waals surface area contributed by atoms with Gasteiger partial charge < -0.3 is 24.8 Å². The first-order chi connectivity index (χ1) is 15.0. The minimum absolute atomic E-state index is 0.420. The first-order valence-electron chi connectivity index (χ1n) is 12.2. The molecule has 1 aromatic rings. The molecule has 5 rings (SSSR count). The number of ether oxygens (including phenoxy) is 2. The first-order valence-corrected chi connectivity index (χ1v) is 12.2. The number of likely N-dealkylation sites (tertiary alicyclic amines) is 1. The van der Waals surface area contributed by atoms with Gasteiger partial charge >= 0.3 is 0 Å². The van der Waals surface area contributed by atoms with Gasteiger partial charge in [0.15, 0.2) is 6.04 Å². The van der Waals surface area contributed by atoms with Crippen molar-refractivity contribution in [2.24, 2.45) is 17.3 Å². The largest absolute Gasteiger partial charge is 0.497 e. The van der Waals surface area contributed by atoms with E-state index in [0.29, 0.717) is 37.1 Å². The Bertz CT molecular complexity index is 740. The van der Waals surface area contributed by atoms with Crippen molar-refractivity contribution in [3.05, 3.63) is 41.5 Å². The zero-order valence-electron chi connectivity index (χ0n) is 19.6. The maximum absolute atomic E-state index is 10.5. The predicted molar refractivity (Wildman–Crippen MR) is 122 cm³/mol. The number of benzene rings is 1. The third-order valence-electron chi connectivity index (χ3n) is 8.26. The van der Waals surface area contributed by atoms with Gasteiger partial charge in [0.2, 0.25) is 0 Å². The molecule has 5 nitrogen and oxygen atoms in total. The molecular weight excluding hydrogens is 388 g/mol. The molecule has 3 aliphatic carbocycles. The number of fused-ring (bicyclic) bond motifs is 1. The van der Waals surface area contributed by atoms with Crippen molar-refractivity contribution in [3.8, 4) is 5.75 Å². The Morgan fingerprint density at radius 1 is 1.16 bits per heavy atom. The van der Waals surface area contributed by atoms with Crippen LogP contribution in [0.25, 0.3) is 0 Å². The summed E-state index contributed by atoms with van der Waals surface area (Å²) in [5.41, 5.74) is 3.26. The van der Waals surface area contributed by atoms with Crippen molar-refractivity contribution in [2.75, 3.05) is 46.5 Å². The van der Waals surface area contributed by atoms with Crippen molar-refractivity contribution in [1.29, 1.82) is 0 Å². The monoisotopic (exact) mass is 430 g/mol. The SMILES string of the molecule is COc1ccc([C@H](C[NH2+]C[C@@H](O)COCC2=CC[C@H]3C[C@@H]2C3(C)C)[NH+]2CCCC2)cc1. The molecular formula is C26H42N2O3+2. The minimum atomic E-state index is -0.420. The molecule has 0 amide bonds. The summed E-state index contributed by atoms with van der Waals surface area (Å²) in [6, 6.07) is 8.99. The van der Waals surface area contributed by atoms with E-state index in [-0.39, 0.29) is 0 Å². The molecule has 1 saturated heterocycles. The van der Waals surface area contributed by atoms with Gasteiger partial charge in [0.05, 0.1) is 33.4 Å². The topological polar surface area (TPSA) is 59.7 Å². The third-order valence-corrected chi connectivity index (χ3v) is 8.26. The number of hydrogen-bond acceptors (Lipinski definition) is 3. The summed E-state index contributed by atoms with van der Waals surface area (Å²) in [6.07, 6.45) is 7.12. The first kappa shape index (κ1) is 22.8. The molecule has 0 spiro atoms. The Morgan fingerprint density at radius 2 is 1.90 bits per heavy atom. The van der Waals surface area contributed by atoms with Gasteiger partial charge in [-0.05, 0) is 59.9 Å². The Morgan fingerprint density at radius 3 is 2.55 bits per heavy atom. The van der Waals surface area contributed by atoms with Crippen LogP contribution in [-0.2, 0) is 4.74 Å². The van der Waals surface area contributed by atoms with E-state index < -0.39 is 6.10 Å². The van der Waals surface area contributed by atoms with Crippen LogP contribution < -0.4 is 15.0 Å². The van der Waals surface area contributed by atoms with Gasteiger partial charge in [-0.2, -0.15) is 0 Å². The molecule has 31 heavy (non-hydrogen) atoms. The highest BCUT2D eigenvalue weighted by atomic mass is 16.5. The number of aliphatic hydroxyl groups excluding tert-OH is 1. The summed E-state index contributed by atoms with van der Waals surface area (Å²) >= 11 is 0. The second kappa shape index (κ2) is 10.0. The maximum atomic E-state index is 10.5. The molecule has 0 unspecified atom stereocenters. The zero-order valence-corrected chi connectivity index (χ0v) is 19.6. The Kier molecular flexibility index (Phi) is 7.37. The number of methoxy groups -OCH3 is 1. The number of nitrogens with one attached hydrogen (secondary N) is 1. The Labute approximate surface area is 187 Å². The molecule has 0 radical (unpaired) electrons. The molecule has 1 aromatic carbocycles. The van der Waals surface area contributed by atoms with Gasteiger partial charge in [-0.25, -0.2) is 0 Å². The average Bonchev–Trinajstić information content (AvgIpc) is 3.31. The standard InChI is InChI=1S/C26H40N2O3/c1-26(2)21-9-6-20(24(26)14-21)17-31-18-22(29)15-27-16-25(28-12-4-5-13-28)19-7-10-23(30-3)11-8-19/h6-8,10-11,21-22,24-25,27,29H,4-5,9,12-18H2,1-3H3/p+2/t21-,22+,24-,25-/m0/s1. The number of nitrogens with two attached hydrogens (primary N) is 1. The van der Waals surface area contributed by atoms with E-state index in [1.54, 1.807) is 12.0 Å². The predicted octanol–water partition coefficient (Wildman–Crippen LogP) is 1.35. The van der Waals surface area contributed by atoms with Crippen LogP contribution in [0.2, 0.25) is 0 Å². The van der Waals surface area contributed by atoms with E-state index in [0.717, 1.165) is 18.2 Å². The fourth-order valence-corrected chi connectivity index (χ4v) is 6.03. The lowest BCUT2D eigenvalue weighted by Crippen LogP contribution is -3.13. The summed E-state index contributed by atoms with van der Waals surface area (Å²) in [5.74, 6) is 2.45. The Hall–Kier alpha value is -1.40. The van der Waals surface area contributed by atoms with Crippen LogP contribution in [-0.4, -0.2) is 57.7 Å². The number of hydrogen-bond donors (Lipinski definition) is 3. The fourth-order valence-electron chi connectivity index (χ4n) is 6.03. The van der Waals surface area contributed by atoms with Gasteiger partial charge in [-0.15, -0.1) is 0 Å². The Balaban J connectivity index is 1.21. The highest BCUT2D eigenvalue weighted by Crippen LogP contribution is 2.59. The van der Waals surface area contributed by atoms with Gasteiger partial charge in [-0.3, -0.25) is 0 Å². The van der Waals surface area contributed by atoms with E-state index in [9.17, 15) is 5.11 Å². The second-order valence-corrected chi connectivity index (χ2v) is 10.4. The van der Waals surface area contributed by atoms with E-state index in [1.165, 1.54) is 49.9 Å². The highest BCUT2D eigenvalue weighted by Gasteiger charge is 2.50. The molecule has 4 aliphatic rings. The lowest BCUT2D eigenvalue weighted by Gasteiger charge is -2.56. The van der Waals surface area contributed by atoms with Gasteiger partial charge in [0, 0.05) is 18.4 Å². The van der Waals surface area contributed by atoms with Crippen molar-refractivity contribution in [1.82, 2.24) is 0 Å². The molecule has 1 heterocycles. The van der Waals surface area contributed by atoms with Crippen LogP contribution in [0, 0.1) is 17.3 Å². The molecule has 172 valence electrons. The lowest BCUT2D eigenvalue weighted by atomic mass is 9.49. The summed E-state index contributed by atoms with van der Waals surface area (Å²) < 4.78 is 11.3. The number of rotatable bonds is 11. The quantitative estimate of drug-likeness (QED) is 0.465. The third kappa shape index (κ3) is 5.16. The summed E-state index contributed by atoms with van der Waals surface area (Å²) in [6.45, 7) is 10.1. The zero-order chi connectivity index (χ0) is 21.8. The summed E-state index contributed by atoms with van der Waals surface area (Å²) in [4.78, 5) is 1.66. The molecule has 2 fully saturated rings. The van der Waals surface area contributed by atoms with Crippen LogP contribution in [0.3, 0.4) is 0 Å². The average molecular weight is 431 g/mol. The normalized spacial score (nSPS) is 26.8. The molecule has 1 saturated carbocycles. The van der Waals surface area contributed by atoms with Crippen LogP contribution >= 0.6 is 0 Å². The second-order valence-electron chi connectivity index (χ2n) is 10.4. The van der Waals surface area contributed by atoms with Crippen molar-refractivity contribution < 1.29 is 24.8 Å². The van der Waals surface area contributed by atoms with Crippen LogP contribution in [0.15, 0.2) is 35.9 Å². The van der Waals surface area contributed by atoms with Crippen molar-refractivity contribution >= 4 is 0 Å². The molecule has 4 N–H and O–H groups in total.